The van der Waals surface area contributed by atoms with Gasteiger partial charge in [0, 0.05) is 5.92 Å². The molecule has 5 heteroatoms. The maximum Gasteiger partial charge on any atom is 0.308 e. The summed E-state index contributed by atoms with van der Waals surface area (Å²) in [5.74, 6) is 0.447. The number of carbonyl (C=O) groups is 1. The van der Waals surface area contributed by atoms with Crippen LogP contribution in [0.1, 0.15) is 25.7 Å². The Bertz CT molecular complexity index is 201. The van der Waals surface area contributed by atoms with Gasteiger partial charge < -0.3 is 9.47 Å². The second-order valence-corrected chi connectivity index (χ2v) is 3.64. The molecule has 15 heavy (non-hydrogen) atoms. The zero-order valence-electron chi connectivity index (χ0n) is 9.12. The third-order valence-corrected chi connectivity index (χ3v) is 2.85. The molecule has 0 aromatic rings. The molecule has 1 rings (SSSR count). The van der Waals surface area contributed by atoms with Crippen LogP contribution in [0.5, 0.6) is 0 Å². The predicted octanol–water partition coefficient (Wildman–Crippen LogP) is 2.01. The number of rotatable bonds is 2. The van der Waals surface area contributed by atoms with Crippen LogP contribution in [0.15, 0.2) is 0 Å². The topological polar surface area (TPSA) is 59.4 Å². The standard InChI is InChI=1S/C10H17NO3.ClH/c1-13-9(11)7-3-5-8(6-4-7)10(12)14-2;/h7-8,11H,3-6H2,1-2H3;1H/t7-,8-;. The number of nitrogens with one attached hydrogen (secondary N) is 1. The van der Waals surface area contributed by atoms with E-state index in [4.69, 9.17) is 10.1 Å². The van der Waals surface area contributed by atoms with Gasteiger partial charge in [0.15, 0.2) is 5.90 Å². The fourth-order valence-electron chi connectivity index (χ4n) is 1.92. The summed E-state index contributed by atoms with van der Waals surface area (Å²) in [7, 11) is 2.94. The molecule has 0 atom stereocenters. The number of hydrogen-bond donors (Lipinski definition) is 1. The summed E-state index contributed by atoms with van der Waals surface area (Å²) in [5.41, 5.74) is 0. The molecular formula is C10H18ClNO3. The van der Waals surface area contributed by atoms with Crippen molar-refractivity contribution < 1.29 is 14.3 Å². The first-order valence-electron chi connectivity index (χ1n) is 4.89. The molecule has 0 amide bonds. The lowest BCUT2D eigenvalue weighted by molar-refractivity contribution is -0.146. The Morgan fingerprint density at radius 2 is 1.53 bits per heavy atom. The van der Waals surface area contributed by atoms with Crippen LogP contribution in [0.4, 0.5) is 0 Å². The van der Waals surface area contributed by atoms with Crippen molar-refractivity contribution in [1.82, 2.24) is 0 Å². The maximum atomic E-state index is 11.2. The lowest BCUT2D eigenvalue weighted by Gasteiger charge is -2.26. The Balaban J connectivity index is 0.00000196. The molecule has 0 aromatic carbocycles. The van der Waals surface area contributed by atoms with Gasteiger partial charge in [0.25, 0.3) is 0 Å². The van der Waals surface area contributed by atoms with Crippen molar-refractivity contribution in [2.24, 2.45) is 11.8 Å². The Kier molecular flexibility index (Phi) is 6.32. The van der Waals surface area contributed by atoms with E-state index in [1.165, 1.54) is 14.2 Å². The third-order valence-electron chi connectivity index (χ3n) is 2.85. The molecule has 0 spiro atoms. The van der Waals surface area contributed by atoms with E-state index in [0.29, 0.717) is 5.90 Å². The zero-order chi connectivity index (χ0) is 10.6. The number of halogens is 1. The van der Waals surface area contributed by atoms with Crippen LogP contribution in [-0.4, -0.2) is 26.1 Å². The summed E-state index contributed by atoms with van der Waals surface area (Å²) in [5, 5.41) is 7.51. The molecule has 88 valence electrons. The molecule has 1 aliphatic carbocycles. The van der Waals surface area contributed by atoms with Crippen molar-refractivity contribution in [1.29, 1.82) is 5.41 Å². The van der Waals surface area contributed by atoms with Gasteiger partial charge >= 0.3 is 5.97 Å². The second kappa shape index (κ2) is 6.67. The van der Waals surface area contributed by atoms with Gasteiger partial charge in [-0.25, -0.2) is 0 Å². The summed E-state index contributed by atoms with van der Waals surface area (Å²) < 4.78 is 9.57. The van der Waals surface area contributed by atoms with Crippen molar-refractivity contribution >= 4 is 24.3 Å². The lowest BCUT2D eigenvalue weighted by atomic mass is 9.82. The Morgan fingerprint density at radius 1 is 1.07 bits per heavy atom. The van der Waals surface area contributed by atoms with Crippen LogP contribution in [0.3, 0.4) is 0 Å². The van der Waals surface area contributed by atoms with Gasteiger partial charge in [-0.15, -0.1) is 12.4 Å². The van der Waals surface area contributed by atoms with Crippen LogP contribution in [-0.2, 0) is 14.3 Å². The van der Waals surface area contributed by atoms with Gasteiger partial charge in [0.1, 0.15) is 0 Å². The fraction of sp³-hybridized carbons (Fsp3) is 0.800. The highest BCUT2D eigenvalue weighted by Gasteiger charge is 2.29. The normalized spacial score (nSPS) is 24.9. The summed E-state index contributed by atoms with van der Waals surface area (Å²) in [6.45, 7) is 0. The van der Waals surface area contributed by atoms with Crippen molar-refractivity contribution in [3.05, 3.63) is 0 Å². The van der Waals surface area contributed by atoms with Crippen LogP contribution in [0.2, 0.25) is 0 Å². The highest BCUT2D eigenvalue weighted by atomic mass is 35.5. The number of ether oxygens (including phenoxy) is 2. The molecule has 0 bridgehead atoms. The van der Waals surface area contributed by atoms with E-state index >= 15 is 0 Å². The average molecular weight is 236 g/mol. The maximum absolute atomic E-state index is 11.2. The molecule has 4 nitrogen and oxygen atoms in total. The van der Waals surface area contributed by atoms with Crippen molar-refractivity contribution in [2.45, 2.75) is 25.7 Å². The molecule has 1 aliphatic rings. The van der Waals surface area contributed by atoms with E-state index in [-0.39, 0.29) is 30.2 Å². The first-order chi connectivity index (χ1) is 6.69. The third kappa shape index (κ3) is 3.70. The first kappa shape index (κ1) is 14.2. The van der Waals surface area contributed by atoms with Gasteiger partial charge in [0.05, 0.1) is 20.1 Å². The number of esters is 1. The van der Waals surface area contributed by atoms with E-state index in [1.54, 1.807) is 0 Å². The average Bonchev–Trinajstić information content (AvgIpc) is 2.27. The van der Waals surface area contributed by atoms with Crippen molar-refractivity contribution in [3.63, 3.8) is 0 Å². The monoisotopic (exact) mass is 235 g/mol. The molecule has 0 saturated heterocycles. The second-order valence-electron chi connectivity index (χ2n) is 3.64. The zero-order valence-corrected chi connectivity index (χ0v) is 9.93. The predicted molar refractivity (Wildman–Crippen MR) is 59.4 cm³/mol. The van der Waals surface area contributed by atoms with E-state index < -0.39 is 0 Å². The minimum absolute atomic E-state index is 0. The highest BCUT2D eigenvalue weighted by molar-refractivity contribution is 5.85. The molecule has 1 N–H and O–H groups in total. The smallest absolute Gasteiger partial charge is 0.308 e. The summed E-state index contributed by atoms with van der Waals surface area (Å²) in [6.07, 6.45) is 3.32. The molecule has 0 radical (unpaired) electrons. The molecule has 1 saturated carbocycles. The number of hydrogen-bond acceptors (Lipinski definition) is 4. The molecule has 0 aromatic heterocycles. The van der Waals surface area contributed by atoms with E-state index in [0.717, 1.165) is 25.7 Å². The Labute approximate surface area is 96.2 Å². The Hall–Kier alpha value is -0.770. The first-order valence-corrected chi connectivity index (χ1v) is 4.89. The van der Waals surface area contributed by atoms with Gasteiger partial charge in [-0.1, -0.05) is 0 Å². The number of carbonyl (C=O) groups excluding carboxylic acids is 1. The molecule has 0 aliphatic heterocycles. The van der Waals surface area contributed by atoms with Gasteiger partial charge in [0.2, 0.25) is 0 Å². The highest BCUT2D eigenvalue weighted by Crippen LogP contribution is 2.30. The van der Waals surface area contributed by atoms with Crippen LogP contribution >= 0.6 is 12.4 Å². The van der Waals surface area contributed by atoms with Gasteiger partial charge in [-0.05, 0) is 25.7 Å². The van der Waals surface area contributed by atoms with Crippen LogP contribution in [0, 0.1) is 17.2 Å². The molecular weight excluding hydrogens is 218 g/mol. The number of methoxy groups -OCH3 is 2. The molecule has 0 unspecified atom stereocenters. The van der Waals surface area contributed by atoms with E-state index in [1.807, 2.05) is 0 Å². The lowest BCUT2D eigenvalue weighted by Crippen LogP contribution is -2.26. The largest absolute Gasteiger partial charge is 0.484 e. The van der Waals surface area contributed by atoms with Crippen molar-refractivity contribution in [3.8, 4) is 0 Å². The minimum Gasteiger partial charge on any atom is -0.484 e. The quantitative estimate of drug-likeness (QED) is 0.453. The van der Waals surface area contributed by atoms with Gasteiger partial charge in [-0.2, -0.15) is 0 Å². The van der Waals surface area contributed by atoms with Gasteiger partial charge in [-0.3, -0.25) is 10.2 Å². The summed E-state index contributed by atoms with van der Waals surface area (Å²) >= 11 is 0. The summed E-state index contributed by atoms with van der Waals surface area (Å²) in [4.78, 5) is 11.2. The van der Waals surface area contributed by atoms with E-state index in [9.17, 15) is 4.79 Å². The molecule has 0 heterocycles. The minimum atomic E-state index is -0.118. The van der Waals surface area contributed by atoms with Crippen LogP contribution < -0.4 is 0 Å². The SMILES string of the molecule is COC(=N)[C@H]1CC[C@H](C(=O)OC)CC1.Cl. The fourth-order valence-corrected chi connectivity index (χ4v) is 1.92. The summed E-state index contributed by atoms with van der Waals surface area (Å²) in [6, 6.07) is 0. The Morgan fingerprint density at radius 3 is 1.93 bits per heavy atom. The van der Waals surface area contributed by atoms with E-state index in [2.05, 4.69) is 4.74 Å². The van der Waals surface area contributed by atoms with Crippen LogP contribution in [0.25, 0.3) is 0 Å². The molecule has 1 fully saturated rings. The van der Waals surface area contributed by atoms with Crippen molar-refractivity contribution in [2.75, 3.05) is 14.2 Å².